The van der Waals surface area contributed by atoms with Crippen LogP contribution in [0.4, 0.5) is 3.89 Å². The molecule has 0 bridgehead atoms. The van der Waals surface area contributed by atoms with Gasteiger partial charge in [0, 0.05) is 66.1 Å². The maximum Gasteiger partial charge on any atom is 0.306 e. The molecule has 0 saturated carbocycles. The first-order valence-corrected chi connectivity index (χ1v) is 24.5. The summed E-state index contributed by atoms with van der Waals surface area (Å²) in [6, 6.07) is 10.9. The molecule has 70 heavy (non-hydrogen) atoms. The molecule has 0 aromatic heterocycles. The molecule has 0 spiro atoms. The first-order chi connectivity index (χ1) is 32.5. The number of hydrogen-bond donors (Lipinski definition) is 0. The summed E-state index contributed by atoms with van der Waals surface area (Å²) in [6.45, 7) is 8.05. The summed E-state index contributed by atoms with van der Waals surface area (Å²) in [5.74, 6) is -6.98. The molecule has 2 unspecified atom stereocenters. The van der Waals surface area contributed by atoms with E-state index in [0.29, 0.717) is 5.56 Å². The Morgan fingerprint density at radius 1 is 0.457 bits per heavy atom. The van der Waals surface area contributed by atoms with Crippen molar-refractivity contribution >= 4 is 77.7 Å². The van der Waals surface area contributed by atoms with Gasteiger partial charge in [-0.2, -0.15) is 8.42 Å². The van der Waals surface area contributed by atoms with Crippen LogP contribution in [0.2, 0.25) is 0 Å². The number of hydrogen-bond acceptors (Lipinski definition) is 24. The van der Waals surface area contributed by atoms with Crippen molar-refractivity contribution in [3.8, 4) is 11.5 Å². The molecular weight excluding hydrogens is 1010 g/mol. The van der Waals surface area contributed by atoms with Gasteiger partial charge in [-0.1, -0.05) is 24.3 Å². The van der Waals surface area contributed by atoms with Crippen molar-refractivity contribution in [1.29, 1.82) is 0 Å². The first-order valence-electron chi connectivity index (χ1n) is 20.5. The average Bonchev–Trinajstić information content (AvgIpc) is 3.20. The molecule has 388 valence electrons. The van der Waals surface area contributed by atoms with E-state index in [1.807, 2.05) is 0 Å². The molecule has 0 N–H and O–H groups in total. The van der Waals surface area contributed by atoms with Gasteiger partial charge in [0.2, 0.25) is 33.8 Å². The number of rotatable bonds is 18. The summed E-state index contributed by atoms with van der Waals surface area (Å²) in [7, 11) is -3.26. The van der Waals surface area contributed by atoms with Crippen LogP contribution in [0, 0.1) is 0 Å². The summed E-state index contributed by atoms with van der Waals surface area (Å²) in [5, 5.41) is 0. The summed E-state index contributed by atoms with van der Waals surface area (Å²) < 4.78 is 122. The predicted octanol–water partition coefficient (Wildman–Crippen LogP) is 2.16. The Balaban J connectivity index is 0.000000370. The molecule has 2 heterocycles. The van der Waals surface area contributed by atoms with Gasteiger partial charge in [-0.3, -0.25) is 38.4 Å². The van der Waals surface area contributed by atoms with Gasteiger partial charge in [0.1, 0.15) is 42.7 Å². The zero-order valence-electron chi connectivity index (χ0n) is 38.6. The molecule has 24 nitrogen and oxygen atoms in total. The van der Waals surface area contributed by atoms with Gasteiger partial charge in [0.05, 0.1) is 5.75 Å². The van der Waals surface area contributed by atoms with Crippen molar-refractivity contribution < 1.29 is 116 Å². The van der Waals surface area contributed by atoms with Crippen LogP contribution in [0.1, 0.15) is 66.5 Å². The molecule has 2 aromatic rings. The summed E-state index contributed by atoms with van der Waals surface area (Å²) in [6.07, 6.45) is -13.5. The van der Waals surface area contributed by atoms with E-state index in [2.05, 4.69) is 0 Å². The topological polar surface area (TPSA) is 316 Å². The Morgan fingerprint density at radius 2 is 0.743 bits per heavy atom. The van der Waals surface area contributed by atoms with Crippen LogP contribution < -0.4 is 9.47 Å². The third-order valence-corrected chi connectivity index (χ3v) is 10.6. The quantitative estimate of drug-likeness (QED) is 0.117. The van der Waals surface area contributed by atoms with Gasteiger partial charge in [0.25, 0.3) is 0 Å². The summed E-state index contributed by atoms with van der Waals surface area (Å²) >= 11 is 0. The maximum atomic E-state index is 12.9. The largest absolute Gasteiger partial charge is 0.463 e. The van der Waals surface area contributed by atoms with Crippen molar-refractivity contribution in [3.63, 3.8) is 0 Å². The Kier molecular flexibility index (Phi) is 21.7. The van der Waals surface area contributed by atoms with Crippen LogP contribution in [-0.4, -0.2) is 139 Å². The molecule has 0 amide bonds. The molecule has 0 aliphatic carbocycles. The van der Waals surface area contributed by atoms with Crippen LogP contribution in [-0.2, 0) is 117 Å². The van der Waals surface area contributed by atoms with Gasteiger partial charge in [-0.25, -0.2) is 8.42 Å². The van der Waals surface area contributed by atoms with Gasteiger partial charge in [-0.15, -0.1) is 3.89 Å². The SMILES string of the molecule is CC(=O)OC[C@H]1OC(Oc2ccc(CS(=O)(=O)Cl)cc2)[C@H](OC(C)=O)[C@@H](OC(C)=O)[C@H]1OC(C)=O.CC(=O)OC[C@H]1OC(Oc2ccc(CS(=O)(=O)F)cc2)[C@H](OC(C)=O)[C@@H](OC(C)=O)[C@H]1OC(C)=O. The predicted molar refractivity (Wildman–Crippen MR) is 230 cm³/mol. The lowest BCUT2D eigenvalue weighted by molar-refractivity contribution is -0.288. The van der Waals surface area contributed by atoms with Crippen molar-refractivity contribution in [2.45, 2.75) is 128 Å². The third-order valence-electron chi connectivity index (χ3n) is 8.93. The average molecular weight is 1060 g/mol. The monoisotopic (exact) mass is 1060 g/mol. The van der Waals surface area contributed by atoms with E-state index < -0.39 is 153 Å². The second-order valence-corrected chi connectivity index (χ2v) is 19.2. The van der Waals surface area contributed by atoms with Gasteiger partial charge in [0.15, 0.2) is 24.4 Å². The van der Waals surface area contributed by atoms with E-state index in [1.54, 1.807) is 0 Å². The molecule has 2 aromatic carbocycles. The van der Waals surface area contributed by atoms with Crippen LogP contribution in [0.25, 0.3) is 0 Å². The van der Waals surface area contributed by atoms with E-state index >= 15 is 0 Å². The Bertz CT molecular complexity index is 2250. The molecule has 2 saturated heterocycles. The number of esters is 8. The van der Waals surface area contributed by atoms with Crippen molar-refractivity contribution in [3.05, 3.63) is 59.7 Å². The zero-order chi connectivity index (χ0) is 52.7. The lowest BCUT2D eigenvalue weighted by atomic mass is 9.98. The Labute approximate surface area is 405 Å². The molecule has 10 atom stereocenters. The highest BCUT2D eigenvalue weighted by Crippen LogP contribution is 2.33. The molecule has 4 rings (SSSR count). The molecule has 28 heteroatoms. The van der Waals surface area contributed by atoms with Crippen molar-refractivity contribution in [2.24, 2.45) is 0 Å². The van der Waals surface area contributed by atoms with E-state index in [-0.39, 0.29) is 17.1 Å². The maximum absolute atomic E-state index is 12.9. The minimum atomic E-state index is -4.75. The van der Waals surface area contributed by atoms with E-state index in [0.717, 1.165) is 55.4 Å². The number of carbonyl (C=O) groups excluding carboxylic acids is 8. The first kappa shape index (κ1) is 58.2. The lowest BCUT2D eigenvalue weighted by Crippen LogP contribution is -2.63. The van der Waals surface area contributed by atoms with E-state index in [1.165, 1.54) is 48.5 Å². The molecular formula is C42H50ClFO24S2. The fraction of sp³-hybridized carbons (Fsp3) is 0.524. The minimum Gasteiger partial charge on any atom is -0.463 e. The zero-order valence-corrected chi connectivity index (χ0v) is 41.0. The summed E-state index contributed by atoms with van der Waals surface area (Å²) in [4.78, 5) is 93.5. The molecule has 2 fully saturated rings. The highest BCUT2D eigenvalue weighted by atomic mass is 35.7. The third kappa shape index (κ3) is 20.4. The standard InChI is InChI=1S/C21H25ClO12S.C21H25FO12S/c2*1-11(23)29-9-17-18(30-12(2)24)19(31-13(3)25)20(32-14(4)26)21(34-17)33-16-7-5-15(6-8-16)10-35(22,27)28/h2*5-8,17-21H,9-10H2,1-4H3/t2*17-,18+,19+,20-,21?/m11/s1. The minimum absolute atomic E-state index is 0.0888. The highest BCUT2D eigenvalue weighted by Gasteiger charge is 2.55. The van der Waals surface area contributed by atoms with Crippen molar-refractivity contribution in [2.75, 3.05) is 13.2 Å². The van der Waals surface area contributed by atoms with Crippen LogP contribution in [0.15, 0.2) is 48.5 Å². The van der Waals surface area contributed by atoms with Gasteiger partial charge >= 0.3 is 58.0 Å². The van der Waals surface area contributed by atoms with Crippen LogP contribution in [0.3, 0.4) is 0 Å². The normalized spacial score (nSPS) is 24.1. The second kappa shape index (κ2) is 26.2. The lowest BCUT2D eigenvalue weighted by Gasteiger charge is -2.43. The second-order valence-electron chi connectivity index (χ2n) is 15.0. The smallest absolute Gasteiger partial charge is 0.306 e. The van der Waals surface area contributed by atoms with Crippen molar-refractivity contribution in [1.82, 2.24) is 0 Å². The van der Waals surface area contributed by atoms with Crippen LogP contribution in [0.5, 0.6) is 11.5 Å². The highest BCUT2D eigenvalue weighted by molar-refractivity contribution is 8.13. The van der Waals surface area contributed by atoms with Gasteiger partial charge in [-0.05, 0) is 35.4 Å². The number of carbonyl (C=O) groups is 8. The summed E-state index contributed by atoms with van der Waals surface area (Å²) in [5.41, 5.74) is 0.523. The number of benzene rings is 2. The fourth-order valence-corrected chi connectivity index (χ4v) is 8.12. The number of ether oxygens (including phenoxy) is 12. The Morgan fingerprint density at radius 3 is 1.01 bits per heavy atom. The van der Waals surface area contributed by atoms with Gasteiger partial charge < -0.3 is 56.8 Å². The Hall–Kier alpha value is -6.16. The van der Waals surface area contributed by atoms with E-state index in [4.69, 9.17) is 67.5 Å². The molecule has 2 aliphatic heterocycles. The molecule has 0 radical (unpaired) electrons. The fourth-order valence-electron chi connectivity index (χ4n) is 6.56. The molecule has 2 aliphatic rings. The number of halogens is 2. The van der Waals surface area contributed by atoms with E-state index in [9.17, 15) is 59.1 Å². The van der Waals surface area contributed by atoms with Crippen LogP contribution >= 0.6 is 10.7 Å².